The van der Waals surface area contributed by atoms with Gasteiger partial charge in [0.05, 0.1) is 6.61 Å². The van der Waals surface area contributed by atoms with E-state index in [0.29, 0.717) is 0 Å². The highest BCUT2D eigenvalue weighted by molar-refractivity contribution is 7.99. The Bertz CT molecular complexity index is 408. The number of aryl methyl sites for hydroxylation is 2. The van der Waals surface area contributed by atoms with Crippen LogP contribution in [-0.4, -0.2) is 29.5 Å². The Morgan fingerprint density at radius 1 is 1.25 bits per heavy atom. The lowest BCUT2D eigenvalue weighted by atomic mass is 9.97. The van der Waals surface area contributed by atoms with E-state index >= 15 is 0 Å². The highest BCUT2D eigenvalue weighted by Gasteiger charge is 2.21. The van der Waals surface area contributed by atoms with Gasteiger partial charge in [-0.2, -0.15) is 0 Å². The minimum atomic E-state index is -0.125. The van der Waals surface area contributed by atoms with Crippen LogP contribution in [0, 0.1) is 13.8 Å². The first-order valence-corrected chi connectivity index (χ1v) is 8.55. The van der Waals surface area contributed by atoms with Crippen LogP contribution < -0.4 is 5.32 Å². The summed E-state index contributed by atoms with van der Waals surface area (Å²) in [5.41, 5.74) is 2.59. The average Bonchev–Trinajstić information content (AvgIpc) is 2.45. The maximum atomic E-state index is 9.53. The summed E-state index contributed by atoms with van der Waals surface area (Å²) in [5, 5.41) is 13.0. The first-order chi connectivity index (χ1) is 9.50. The molecular weight excluding hydrogens is 266 g/mol. The largest absolute Gasteiger partial charge is 0.394 e. The molecule has 0 aliphatic carbocycles. The third-order valence-corrected chi connectivity index (χ3v) is 4.85. The molecule has 0 amide bonds. The van der Waals surface area contributed by atoms with Crippen molar-refractivity contribution < 1.29 is 5.11 Å². The van der Waals surface area contributed by atoms with E-state index in [1.807, 2.05) is 11.8 Å². The molecule has 20 heavy (non-hydrogen) atoms. The van der Waals surface area contributed by atoms with Crippen LogP contribution in [0.2, 0.25) is 0 Å². The van der Waals surface area contributed by atoms with Gasteiger partial charge in [0.1, 0.15) is 0 Å². The Hall–Kier alpha value is -0.510. The van der Waals surface area contributed by atoms with Crippen LogP contribution in [0.15, 0.2) is 23.1 Å². The molecule has 0 spiro atoms. The molecule has 1 unspecified atom stereocenters. The minimum absolute atomic E-state index is 0.125. The van der Waals surface area contributed by atoms with E-state index in [2.05, 4.69) is 51.2 Å². The van der Waals surface area contributed by atoms with Gasteiger partial charge < -0.3 is 10.4 Å². The predicted octanol–water partition coefficient (Wildman–Crippen LogP) is 3.93. The number of aliphatic hydroxyl groups excluding tert-OH is 1. The fraction of sp³-hybridized carbons (Fsp3) is 0.647. The van der Waals surface area contributed by atoms with E-state index in [9.17, 15) is 5.11 Å². The van der Waals surface area contributed by atoms with Crippen LogP contribution in [0.25, 0.3) is 0 Å². The molecule has 0 saturated carbocycles. The second-order valence-corrected chi connectivity index (χ2v) is 7.01. The molecule has 0 saturated heterocycles. The smallest absolute Gasteiger partial charge is 0.0610 e. The highest BCUT2D eigenvalue weighted by Crippen LogP contribution is 2.23. The van der Waals surface area contributed by atoms with Gasteiger partial charge in [0.2, 0.25) is 0 Å². The molecule has 0 aliphatic heterocycles. The predicted molar refractivity (Wildman–Crippen MR) is 89.7 cm³/mol. The van der Waals surface area contributed by atoms with Gasteiger partial charge in [0.15, 0.2) is 0 Å². The van der Waals surface area contributed by atoms with Gasteiger partial charge in [-0.15, -0.1) is 11.8 Å². The van der Waals surface area contributed by atoms with Crippen molar-refractivity contribution in [2.24, 2.45) is 0 Å². The van der Waals surface area contributed by atoms with Gasteiger partial charge in [0.25, 0.3) is 0 Å². The van der Waals surface area contributed by atoms with Crippen LogP contribution in [0.4, 0.5) is 0 Å². The fourth-order valence-electron chi connectivity index (χ4n) is 2.11. The second kappa shape index (κ2) is 8.71. The molecule has 0 fully saturated rings. The van der Waals surface area contributed by atoms with Crippen LogP contribution in [0.5, 0.6) is 0 Å². The topological polar surface area (TPSA) is 32.3 Å². The molecule has 1 aromatic rings. The Labute approximate surface area is 128 Å². The first kappa shape index (κ1) is 17.5. The molecule has 0 radical (unpaired) electrons. The van der Waals surface area contributed by atoms with Crippen molar-refractivity contribution in [1.82, 2.24) is 5.32 Å². The number of aliphatic hydroxyl groups is 1. The molecule has 2 nitrogen and oxygen atoms in total. The molecule has 1 rings (SSSR count). The van der Waals surface area contributed by atoms with E-state index in [1.165, 1.54) is 16.0 Å². The monoisotopic (exact) mass is 295 g/mol. The van der Waals surface area contributed by atoms with Crippen molar-refractivity contribution in [3.8, 4) is 0 Å². The molecule has 2 N–H and O–H groups in total. The van der Waals surface area contributed by atoms with Crippen LogP contribution >= 0.6 is 11.8 Å². The van der Waals surface area contributed by atoms with Gasteiger partial charge in [-0.3, -0.25) is 0 Å². The molecular formula is C17H29NOS. The Morgan fingerprint density at radius 3 is 2.60 bits per heavy atom. The second-order valence-electron chi connectivity index (χ2n) is 5.84. The fourth-order valence-corrected chi connectivity index (χ4v) is 3.05. The molecule has 3 heteroatoms. The molecule has 0 heterocycles. The summed E-state index contributed by atoms with van der Waals surface area (Å²) >= 11 is 1.91. The third-order valence-electron chi connectivity index (χ3n) is 3.77. The molecule has 0 aliphatic rings. The lowest BCUT2D eigenvalue weighted by Gasteiger charge is -2.28. The van der Waals surface area contributed by atoms with Crippen molar-refractivity contribution in [2.45, 2.75) is 57.4 Å². The third kappa shape index (κ3) is 5.86. The Balaban J connectivity index is 2.34. The van der Waals surface area contributed by atoms with E-state index in [-0.39, 0.29) is 12.1 Å². The van der Waals surface area contributed by atoms with E-state index in [1.54, 1.807) is 0 Å². The van der Waals surface area contributed by atoms with Crippen LogP contribution in [-0.2, 0) is 0 Å². The summed E-state index contributed by atoms with van der Waals surface area (Å²) < 4.78 is 0. The lowest BCUT2D eigenvalue weighted by Crippen LogP contribution is -2.46. The zero-order valence-electron chi connectivity index (χ0n) is 13.3. The summed E-state index contributed by atoms with van der Waals surface area (Å²) in [6, 6.07) is 6.66. The number of rotatable bonds is 9. The van der Waals surface area contributed by atoms with E-state index < -0.39 is 0 Å². The van der Waals surface area contributed by atoms with E-state index in [4.69, 9.17) is 0 Å². The average molecular weight is 295 g/mol. The SMILES string of the molecule is CCCNC(C)(CO)CCCSc1ccc(C)c(C)c1. The molecule has 114 valence electrons. The van der Waals surface area contributed by atoms with Gasteiger partial charge >= 0.3 is 0 Å². The first-order valence-electron chi connectivity index (χ1n) is 7.56. The van der Waals surface area contributed by atoms with Crippen molar-refractivity contribution in [3.63, 3.8) is 0 Å². The van der Waals surface area contributed by atoms with Crippen molar-refractivity contribution in [2.75, 3.05) is 18.9 Å². The normalized spacial score (nSPS) is 14.2. The van der Waals surface area contributed by atoms with Crippen molar-refractivity contribution in [3.05, 3.63) is 29.3 Å². The lowest BCUT2D eigenvalue weighted by molar-refractivity contribution is 0.165. The Kier molecular flexibility index (Phi) is 7.63. The highest BCUT2D eigenvalue weighted by atomic mass is 32.2. The zero-order valence-corrected chi connectivity index (χ0v) is 14.1. The summed E-state index contributed by atoms with van der Waals surface area (Å²) in [6.07, 6.45) is 3.24. The maximum absolute atomic E-state index is 9.53. The molecule has 0 bridgehead atoms. The summed E-state index contributed by atoms with van der Waals surface area (Å²) in [5.74, 6) is 1.10. The summed E-state index contributed by atoms with van der Waals surface area (Å²) in [4.78, 5) is 1.35. The molecule has 0 aromatic heterocycles. The van der Waals surface area contributed by atoms with Crippen LogP contribution in [0.3, 0.4) is 0 Å². The minimum Gasteiger partial charge on any atom is -0.394 e. The van der Waals surface area contributed by atoms with Gasteiger partial charge in [-0.25, -0.2) is 0 Å². The number of thioether (sulfide) groups is 1. The molecule has 1 atom stereocenters. The van der Waals surface area contributed by atoms with E-state index in [0.717, 1.165) is 31.6 Å². The van der Waals surface area contributed by atoms with Crippen molar-refractivity contribution in [1.29, 1.82) is 0 Å². The standard InChI is InChI=1S/C17H29NOS/c1-5-10-18-17(4,13-19)9-6-11-20-16-8-7-14(2)15(3)12-16/h7-8,12,18-19H,5-6,9-11,13H2,1-4H3. The summed E-state index contributed by atoms with van der Waals surface area (Å²) in [6.45, 7) is 9.76. The van der Waals surface area contributed by atoms with Crippen LogP contribution in [0.1, 0.15) is 44.2 Å². The quantitative estimate of drug-likeness (QED) is 0.535. The number of nitrogens with one attached hydrogen (secondary N) is 1. The van der Waals surface area contributed by atoms with Gasteiger partial charge in [-0.05, 0) is 75.6 Å². The van der Waals surface area contributed by atoms with Gasteiger partial charge in [-0.1, -0.05) is 13.0 Å². The maximum Gasteiger partial charge on any atom is 0.0610 e. The number of hydrogen-bond acceptors (Lipinski definition) is 3. The number of hydrogen-bond donors (Lipinski definition) is 2. The van der Waals surface area contributed by atoms with Gasteiger partial charge in [0, 0.05) is 10.4 Å². The number of benzene rings is 1. The van der Waals surface area contributed by atoms with Crippen molar-refractivity contribution >= 4 is 11.8 Å². The zero-order chi connectivity index (χ0) is 15.0. The molecule has 1 aromatic carbocycles. The Morgan fingerprint density at radius 2 is 2.00 bits per heavy atom. The summed E-state index contributed by atoms with van der Waals surface area (Å²) in [7, 11) is 0.